The fourth-order valence-corrected chi connectivity index (χ4v) is 5.05. The molecule has 0 aliphatic heterocycles. The van der Waals surface area contributed by atoms with E-state index in [2.05, 4.69) is 72.9 Å². The topological polar surface area (TPSA) is 56.7 Å². The zero-order valence-electron chi connectivity index (χ0n) is 23.8. The lowest BCUT2D eigenvalue weighted by atomic mass is 10.2. The maximum Gasteiger partial charge on any atom is 0.108 e. The number of aromatic nitrogens is 6. The van der Waals surface area contributed by atoms with Crippen LogP contribution in [-0.4, -0.2) is 53.2 Å². The third kappa shape index (κ3) is 10.1. The Morgan fingerprint density at radius 3 is 1.14 bits per heavy atom. The first kappa shape index (κ1) is 29.2. The lowest BCUT2D eigenvalue weighted by Crippen LogP contribution is -2.29. The van der Waals surface area contributed by atoms with E-state index in [0.29, 0.717) is 0 Å². The van der Waals surface area contributed by atoms with E-state index in [1.165, 1.54) is 56.0 Å². The summed E-state index contributed by atoms with van der Waals surface area (Å²) in [5.41, 5.74) is 0. The number of aryl methyl sites for hydroxylation is 6. The molecule has 3 heterocycles. The molecule has 7 nitrogen and oxygen atoms in total. The summed E-state index contributed by atoms with van der Waals surface area (Å²) in [7, 11) is 0. The molecule has 0 spiro atoms. The average Bonchev–Trinajstić information content (AvgIpc) is 3.66. The standard InChI is InChI=1S/C30H51N7/c1-4-7-13-28-31-16-25-35(28)22-10-19-34(20-11-23-36-26-17-32-29(36)14-8-5-2)21-12-24-37-27-18-33-30(37)15-9-6-3/h16-18,25-27H,4-15,19-24H2,1-3H3. The van der Waals surface area contributed by atoms with Crippen molar-refractivity contribution in [1.82, 2.24) is 33.6 Å². The number of imidazole rings is 3. The molecule has 3 aromatic rings. The second-order valence-corrected chi connectivity index (χ2v) is 10.3. The van der Waals surface area contributed by atoms with Gasteiger partial charge in [0.1, 0.15) is 17.5 Å². The van der Waals surface area contributed by atoms with Crippen LogP contribution in [0, 0.1) is 0 Å². The molecule has 7 heteroatoms. The fourth-order valence-electron chi connectivity index (χ4n) is 5.05. The molecular weight excluding hydrogens is 458 g/mol. The highest BCUT2D eigenvalue weighted by atomic mass is 15.1. The molecule has 0 aliphatic rings. The monoisotopic (exact) mass is 509 g/mol. The van der Waals surface area contributed by atoms with Crippen molar-refractivity contribution >= 4 is 0 Å². The van der Waals surface area contributed by atoms with Gasteiger partial charge in [0.2, 0.25) is 0 Å². The first-order valence-corrected chi connectivity index (χ1v) is 15.0. The quantitative estimate of drug-likeness (QED) is 0.172. The Hall–Kier alpha value is -2.41. The van der Waals surface area contributed by atoms with Gasteiger partial charge >= 0.3 is 0 Å². The maximum absolute atomic E-state index is 4.60. The van der Waals surface area contributed by atoms with Crippen LogP contribution in [-0.2, 0) is 38.9 Å². The normalized spacial score (nSPS) is 11.7. The van der Waals surface area contributed by atoms with E-state index in [4.69, 9.17) is 0 Å². The minimum Gasteiger partial charge on any atom is -0.335 e. The molecule has 0 amide bonds. The van der Waals surface area contributed by atoms with E-state index in [1.54, 1.807) is 0 Å². The van der Waals surface area contributed by atoms with Crippen LogP contribution in [0.25, 0.3) is 0 Å². The average molecular weight is 510 g/mol. The van der Waals surface area contributed by atoms with E-state index >= 15 is 0 Å². The van der Waals surface area contributed by atoms with Crippen molar-refractivity contribution in [3.63, 3.8) is 0 Å². The van der Waals surface area contributed by atoms with Crippen LogP contribution >= 0.6 is 0 Å². The van der Waals surface area contributed by atoms with Crippen molar-refractivity contribution in [3.05, 3.63) is 54.7 Å². The van der Waals surface area contributed by atoms with Crippen LogP contribution < -0.4 is 0 Å². The lowest BCUT2D eigenvalue weighted by Gasteiger charge is -2.23. The van der Waals surface area contributed by atoms with Crippen molar-refractivity contribution in [3.8, 4) is 0 Å². The lowest BCUT2D eigenvalue weighted by molar-refractivity contribution is 0.248. The molecule has 37 heavy (non-hydrogen) atoms. The molecule has 0 radical (unpaired) electrons. The maximum atomic E-state index is 4.60. The van der Waals surface area contributed by atoms with Gasteiger partial charge in [-0.1, -0.05) is 40.0 Å². The van der Waals surface area contributed by atoms with Crippen LogP contribution in [0.3, 0.4) is 0 Å². The summed E-state index contributed by atoms with van der Waals surface area (Å²) in [5.74, 6) is 3.73. The van der Waals surface area contributed by atoms with Crippen molar-refractivity contribution in [2.45, 2.75) is 117 Å². The predicted octanol–water partition coefficient (Wildman–Crippen LogP) is 6.18. The summed E-state index contributed by atoms with van der Waals surface area (Å²) in [6.45, 7) is 13.3. The minimum absolute atomic E-state index is 1.06. The van der Waals surface area contributed by atoms with E-state index in [9.17, 15) is 0 Å². The highest BCUT2D eigenvalue weighted by Crippen LogP contribution is 2.09. The summed E-state index contributed by atoms with van der Waals surface area (Å²) in [4.78, 5) is 16.5. The van der Waals surface area contributed by atoms with Gasteiger partial charge in [0.25, 0.3) is 0 Å². The van der Waals surface area contributed by atoms with Crippen LogP contribution in [0.1, 0.15) is 96.0 Å². The predicted molar refractivity (Wildman–Crippen MR) is 153 cm³/mol. The van der Waals surface area contributed by atoms with E-state index in [0.717, 1.165) is 77.8 Å². The number of rotatable bonds is 21. The Labute approximate surface area is 225 Å². The molecule has 206 valence electrons. The highest BCUT2D eigenvalue weighted by molar-refractivity contribution is 4.94. The van der Waals surface area contributed by atoms with Gasteiger partial charge in [0.15, 0.2) is 0 Å². The zero-order chi connectivity index (χ0) is 26.1. The van der Waals surface area contributed by atoms with Crippen LogP contribution in [0.15, 0.2) is 37.2 Å². The molecule has 0 saturated carbocycles. The highest BCUT2D eigenvalue weighted by Gasteiger charge is 2.10. The molecule has 0 N–H and O–H groups in total. The first-order valence-electron chi connectivity index (χ1n) is 15.0. The molecule has 0 atom stereocenters. The summed E-state index contributed by atoms with van der Waals surface area (Å²) in [6, 6.07) is 0. The molecule has 3 aromatic heterocycles. The van der Waals surface area contributed by atoms with Gasteiger partial charge in [0, 0.05) is 76.1 Å². The summed E-state index contributed by atoms with van der Waals surface area (Å²) in [5, 5.41) is 0. The molecule has 0 saturated heterocycles. The molecular formula is C30H51N7. The smallest absolute Gasteiger partial charge is 0.108 e. The third-order valence-electron chi connectivity index (χ3n) is 7.29. The van der Waals surface area contributed by atoms with Gasteiger partial charge in [0.05, 0.1) is 0 Å². The van der Waals surface area contributed by atoms with Crippen molar-refractivity contribution in [2.75, 3.05) is 19.6 Å². The Morgan fingerprint density at radius 2 is 0.838 bits per heavy atom. The van der Waals surface area contributed by atoms with Gasteiger partial charge in [-0.3, -0.25) is 0 Å². The second-order valence-electron chi connectivity index (χ2n) is 10.3. The molecule has 0 unspecified atom stereocenters. The van der Waals surface area contributed by atoms with E-state index in [1.807, 2.05) is 18.6 Å². The van der Waals surface area contributed by atoms with Crippen molar-refractivity contribution in [1.29, 1.82) is 0 Å². The van der Waals surface area contributed by atoms with Gasteiger partial charge < -0.3 is 18.6 Å². The zero-order valence-corrected chi connectivity index (χ0v) is 23.8. The number of hydrogen-bond acceptors (Lipinski definition) is 4. The van der Waals surface area contributed by atoms with E-state index < -0.39 is 0 Å². The molecule has 3 rings (SSSR count). The van der Waals surface area contributed by atoms with Gasteiger partial charge in [-0.15, -0.1) is 0 Å². The van der Waals surface area contributed by atoms with Crippen LogP contribution in [0.4, 0.5) is 0 Å². The summed E-state index contributed by atoms with van der Waals surface area (Å²) < 4.78 is 7.10. The Morgan fingerprint density at radius 1 is 0.514 bits per heavy atom. The van der Waals surface area contributed by atoms with Crippen molar-refractivity contribution < 1.29 is 0 Å². The van der Waals surface area contributed by atoms with Gasteiger partial charge in [-0.05, 0) is 58.2 Å². The third-order valence-corrected chi connectivity index (χ3v) is 7.29. The number of unbranched alkanes of at least 4 members (excludes halogenated alkanes) is 3. The summed E-state index contributed by atoms with van der Waals surface area (Å²) in [6.07, 6.45) is 26.4. The Balaban J connectivity index is 1.51. The largest absolute Gasteiger partial charge is 0.335 e. The molecule has 0 bridgehead atoms. The number of nitrogens with zero attached hydrogens (tertiary/aromatic N) is 7. The first-order chi connectivity index (χ1) is 18.2. The van der Waals surface area contributed by atoms with Gasteiger partial charge in [-0.25, -0.2) is 15.0 Å². The van der Waals surface area contributed by atoms with Crippen LogP contribution in [0.5, 0.6) is 0 Å². The SMILES string of the molecule is CCCCc1nccn1CCCN(CCCn1ccnc1CCCC)CCCn1ccnc1CCCC. The Kier molecular flexibility index (Phi) is 13.5. The van der Waals surface area contributed by atoms with Gasteiger partial charge in [-0.2, -0.15) is 0 Å². The Bertz CT molecular complexity index is 846. The molecule has 0 aliphatic carbocycles. The number of hydrogen-bond donors (Lipinski definition) is 0. The second kappa shape index (κ2) is 17.2. The van der Waals surface area contributed by atoms with Crippen molar-refractivity contribution in [2.24, 2.45) is 0 Å². The molecule has 0 aromatic carbocycles. The molecule has 0 fully saturated rings. The fraction of sp³-hybridized carbons (Fsp3) is 0.700. The summed E-state index contributed by atoms with van der Waals surface area (Å²) >= 11 is 0. The van der Waals surface area contributed by atoms with E-state index in [-0.39, 0.29) is 0 Å². The minimum atomic E-state index is 1.06. The van der Waals surface area contributed by atoms with Crippen LogP contribution in [0.2, 0.25) is 0 Å².